The van der Waals surface area contributed by atoms with Crippen molar-refractivity contribution in [3.8, 4) is 0 Å². The van der Waals surface area contributed by atoms with E-state index < -0.39 is 0 Å². The van der Waals surface area contributed by atoms with Crippen LogP contribution < -0.4 is 10.6 Å². The molecule has 0 atom stereocenters. The Bertz CT molecular complexity index is 404. The van der Waals surface area contributed by atoms with Crippen molar-refractivity contribution in [2.45, 2.75) is 6.92 Å². The van der Waals surface area contributed by atoms with Gasteiger partial charge >= 0.3 is 0 Å². The molecule has 5 heteroatoms. The number of hydrogen-bond donors (Lipinski definition) is 2. The lowest BCUT2D eigenvalue weighted by atomic mass is 10.2. The summed E-state index contributed by atoms with van der Waals surface area (Å²) in [7, 11) is 1.52. The second kappa shape index (κ2) is 4.79. The van der Waals surface area contributed by atoms with Crippen LogP contribution in [0.5, 0.6) is 0 Å². The van der Waals surface area contributed by atoms with Crippen molar-refractivity contribution in [1.29, 1.82) is 0 Å². The summed E-state index contributed by atoms with van der Waals surface area (Å²) in [4.78, 5) is 22.2. The molecule has 0 unspecified atom stereocenters. The van der Waals surface area contributed by atoms with Gasteiger partial charge in [-0.1, -0.05) is 11.6 Å². The minimum absolute atomic E-state index is 0.194. The highest BCUT2D eigenvalue weighted by Crippen LogP contribution is 2.20. The number of halogens is 1. The third-order valence-electron chi connectivity index (χ3n) is 1.76. The first-order chi connectivity index (χ1) is 7.04. The van der Waals surface area contributed by atoms with Crippen LogP contribution in [0.4, 0.5) is 5.69 Å². The van der Waals surface area contributed by atoms with Gasteiger partial charge in [0.25, 0.3) is 5.91 Å². The summed E-state index contributed by atoms with van der Waals surface area (Å²) in [6.07, 6.45) is 0. The molecule has 4 nitrogen and oxygen atoms in total. The van der Waals surface area contributed by atoms with E-state index in [9.17, 15) is 9.59 Å². The number of benzene rings is 1. The minimum Gasteiger partial charge on any atom is -0.355 e. The molecule has 0 spiro atoms. The van der Waals surface area contributed by atoms with Crippen LogP contribution in [0.3, 0.4) is 0 Å². The van der Waals surface area contributed by atoms with Crippen molar-refractivity contribution in [1.82, 2.24) is 5.32 Å². The molecule has 0 saturated carbocycles. The first-order valence-corrected chi connectivity index (χ1v) is 4.71. The fourth-order valence-electron chi connectivity index (χ4n) is 1.11. The smallest absolute Gasteiger partial charge is 0.252 e. The molecule has 0 aliphatic heterocycles. The zero-order valence-electron chi connectivity index (χ0n) is 8.43. The van der Waals surface area contributed by atoms with E-state index >= 15 is 0 Å². The van der Waals surface area contributed by atoms with E-state index in [1.165, 1.54) is 20.0 Å². The summed E-state index contributed by atoms with van der Waals surface area (Å²) in [5.41, 5.74) is 0.885. The van der Waals surface area contributed by atoms with Crippen molar-refractivity contribution in [3.63, 3.8) is 0 Å². The van der Waals surface area contributed by atoms with Crippen LogP contribution in [0.1, 0.15) is 17.3 Å². The van der Waals surface area contributed by atoms with Gasteiger partial charge in [0.1, 0.15) is 0 Å². The van der Waals surface area contributed by atoms with Gasteiger partial charge in [-0.15, -0.1) is 0 Å². The maximum absolute atomic E-state index is 11.4. The lowest BCUT2D eigenvalue weighted by Gasteiger charge is -2.06. The van der Waals surface area contributed by atoms with Gasteiger partial charge in [0, 0.05) is 19.7 Å². The monoisotopic (exact) mass is 226 g/mol. The van der Waals surface area contributed by atoms with Gasteiger partial charge in [0.15, 0.2) is 0 Å². The fourth-order valence-corrected chi connectivity index (χ4v) is 1.32. The lowest BCUT2D eigenvalue weighted by Crippen LogP contribution is -2.18. The van der Waals surface area contributed by atoms with Crippen molar-refractivity contribution in [3.05, 3.63) is 28.8 Å². The topological polar surface area (TPSA) is 58.2 Å². The lowest BCUT2D eigenvalue weighted by molar-refractivity contribution is -0.114. The third kappa shape index (κ3) is 2.95. The highest BCUT2D eigenvalue weighted by molar-refractivity contribution is 6.34. The van der Waals surface area contributed by atoms with Crippen molar-refractivity contribution < 1.29 is 9.59 Å². The zero-order valence-corrected chi connectivity index (χ0v) is 9.18. The van der Waals surface area contributed by atoms with E-state index in [0.29, 0.717) is 16.3 Å². The predicted molar refractivity (Wildman–Crippen MR) is 59.1 cm³/mol. The Labute approximate surface area is 92.6 Å². The molecular formula is C10H11ClN2O2. The summed E-state index contributed by atoms with van der Waals surface area (Å²) >= 11 is 5.83. The minimum atomic E-state index is -0.285. The van der Waals surface area contributed by atoms with Crippen LogP contribution in [0, 0.1) is 0 Å². The van der Waals surface area contributed by atoms with Crippen molar-refractivity contribution in [2.24, 2.45) is 0 Å². The molecular weight excluding hydrogens is 216 g/mol. The molecule has 1 rings (SSSR count). The Kier molecular flexibility index (Phi) is 3.68. The van der Waals surface area contributed by atoms with E-state index in [-0.39, 0.29) is 11.8 Å². The van der Waals surface area contributed by atoms with Crippen LogP contribution in [0.2, 0.25) is 5.02 Å². The average Bonchev–Trinajstić information content (AvgIpc) is 2.19. The van der Waals surface area contributed by atoms with Gasteiger partial charge in [-0.2, -0.15) is 0 Å². The molecule has 2 amide bonds. The van der Waals surface area contributed by atoms with E-state index in [1.54, 1.807) is 12.1 Å². The van der Waals surface area contributed by atoms with Crippen LogP contribution in [0.25, 0.3) is 0 Å². The number of rotatable bonds is 2. The summed E-state index contributed by atoms with van der Waals surface area (Å²) in [6, 6.07) is 4.73. The SMILES string of the molecule is CNC(=O)c1cc(NC(C)=O)ccc1Cl. The second-order valence-electron chi connectivity index (χ2n) is 2.95. The summed E-state index contributed by atoms with van der Waals surface area (Å²) in [6.45, 7) is 1.40. The Hall–Kier alpha value is -1.55. The van der Waals surface area contributed by atoms with Crippen molar-refractivity contribution >= 4 is 29.1 Å². The Balaban J connectivity index is 3.05. The maximum atomic E-state index is 11.4. The van der Waals surface area contributed by atoms with Crippen LogP contribution in [-0.4, -0.2) is 18.9 Å². The molecule has 0 aliphatic rings. The van der Waals surface area contributed by atoms with Gasteiger partial charge in [0.2, 0.25) is 5.91 Å². The molecule has 80 valence electrons. The fraction of sp³-hybridized carbons (Fsp3) is 0.200. The van der Waals surface area contributed by atoms with Crippen LogP contribution in [0.15, 0.2) is 18.2 Å². The van der Waals surface area contributed by atoms with Gasteiger partial charge < -0.3 is 10.6 Å². The number of hydrogen-bond acceptors (Lipinski definition) is 2. The van der Waals surface area contributed by atoms with Gasteiger partial charge in [0.05, 0.1) is 10.6 Å². The average molecular weight is 227 g/mol. The molecule has 0 heterocycles. The number of nitrogens with one attached hydrogen (secondary N) is 2. The second-order valence-corrected chi connectivity index (χ2v) is 3.36. The normalized spacial score (nSPS) is 9.53. The van der Waals surface area contributed by atoms with Gasteiger partial charge in [-0.3, -0.25) is 9.59 Å². The van der Waals surface area contributed by atoms with Crippen LogP contribution in [-0.2, 0) is 4.79 Å². The molecule has 0 fully saturated rings. The Morgan fingerprint density at radius 2 is 2.00 bits per heavy atom. The highest BCUT2D eigenvalue weighted by atomic mass is 35.5. The van der Waals surface area contributed by atoms with E-state index in [2.05, 4.69) is 10.6 Å². The molecule has 1 aromatic rings. The van der Waals surface area contributed by atoms with E-state index in [1.807, 2.05) is 0 Å². The van der Waals surface area contributed by atoms with Crippen LogP contribution >= 0.6 is 11.6 Å². The number of amides is 2. The quantitative estimate of drug-likeness (QED) is 0.806. The molecule has 0 aromatic heterocycles. The Morgan fingerprint density at radius 1 is 1.33 bits per heavy atom. The van der Waals surface area contributed by atoms with E-state index in [4.69, 9.17) is 11.6 Å². The van der Waals surface area contributed by atoms with Gasteiger partial charge in [-0.05, 0) is 18.2 Å². The number of carbonyl (C=O) groups excluding carboxylic acids is 2. The molecule has 0 aliphatic carbocycles. The highest BCUT2D eigenvalue weighted by Gasteiger charge is 2.09. The van der Waals surface area contributed by atoms with Crippen molar-refractivity contribution in [2.75, 3.05) is 12.4 Å². The largest absolute Gasteiger partial charge is 0.355 e. The number of anilines is 1. The molecule has 1 aromatic carbocycles. The molecule has 0 saturated heterocycles. The van der Waals surface area contributed by atoms with E-state index in [0.717, 1.165) is 0 Å². The first-order valence-electron chi connectivity index (χ1n) is 4.34. The Morgan fingerprint density at radius 3 is 2.53 bits per heavy atom. The molecule has 2 N–H and O–H groups in total. The standard InChI is InChI=1S/C10H11ClN2O2/c1-6(14)13-7-3-4-9(11)8(5-7)10(15)12-2/h3-5H,1-2H3,(H,12,15)(H,13,14). The molecule has 0 bridgehead atoms. The van der Waals surface area contributed by atoms with Gasteiger partial charge in [-0.25, -0.2) is 0 Å². The summed E-state index contributed by atoms with van der Waals surface area (Å²) < 4.78 is 0. The summed E-state index contributed by atoms with van der Waals surface area (Å²) in [5, 5.41) is 5.39. The first kappa shape index (κ1) is 11.5. The summed E-state index contributed by atoms with van der Waals surface area (Å²) in [5.74, 6) is -0.479. The molecule has 15 heavy (non-hydrogen) atoms. The molecule has 0 radical (unpaired) electrons. The number of carbonyl (C=O) groups is 2. The predicted octanol–water partition coefficient (Wildman–Crippen LogP) is 1.66. The zero-order chi connectivity index (χ0) is 11.4. The third-order valence-corrected chi connectivity index (χ3v) is 2.09. The maximum Gasteiger partial charge on any atom is 0.252 e.